The van der Waals surface area contributed by atoms with Gasteiger partial charge in [0.2, 0.25) is 17.7 Å². The number of Topliss-reactive ketones (excluding diaryl/α,β-unsaturated/α-hetero) is 1. The van der Waals surface area contributed by atoms with Crippen LogP contribution in [-0.2, 0) is 44.9 Å². The van der Waals surface area contributed by atoms with E-state index < -0.39 is 29.7 Å². The third kappa shape index (κ3) is 14.7. The second-order valence-corrected chi connectivity index (χ2v) is 33.4. The Morgan fingerprint density at radius 3 is 1.34 bits per heavy atom. The molecule has 4 atom stereocenters. The molecule has 0 bridgehead atoms. The van der Waals surface area contributed by atoms with E-state index in [1.807, 2.05) is 82.6 Å². The topological polar surface area (TPSA) is 284 Å². The number of nitriles is 2. The summed E-state index contributed by atoms with van der Waals surface area (Å²) in [5.74, 6) is -2.40. The third-order valence-electron chi connectivity index (χ3n) is 25.8. The van der Waals surface area contributed by atoms with Gasteiger partial charge in [-0.15, -0.1) is 0 Å². The Morgan fingerprint density at radius 2 is 0.911 bits per heavy atom. The number of benzene rings is 6. The highest BCUT2D eigenvalue weighted by Crippen LogP contribution is 2.48. The van der Waals surface area contributed by atoms with E-state index in [0.29, 0.717) is 87.8 Å². The standard InChI is InChI=1S/C43H46ClN7O4.C27H32ClN5O.C16H12N2O5/c1-27-23-43(26-50(27)33-7-4-29(24-45)38(44)22-33)10-12-47(13-11-43)32-5-2-28(3-6-32)40(53)49-16-14-48(15-17-49)35-18-30-20-36-37(21-31(30)19-35)42(55)51(41(36)54)34-8-9-39(52)46-25-34;1-20-17-27(19-33(20)24-7-4-22(18-29)25(28)16-24)8-12-31(13-9-27)23-5-2-21(3-6-23)26(34)32-14-10-30-11-15-32;19-9-3-7-5-10-11(6-8(7)4-9)16(23)18(15(10)22)12-1-2-13(20)17-14(12)21/h2-7,20-22,27,34-35H,8-19,23,25-26H2,1H3,(H,46,52);2-7,16,20,30H,8-15,17,19H2,1H3;5-6,12H,1-4H2,(H,17,20,21)/t27-,34?;20-;/m00./s1. The van der Waals surface area contributed by atoms with Crippen LogP contribution in [0, 0.1) is 33.5 Å². The van der Waals surface area contributed by atoms with Crippen molar-refractivity contribution in [3.63, 3.8) is 0 Å². The number of carbonyl (C=O) groups is 10. The van der Waals surface area contributed by atoms with E-state index in [1.54, 1.807) is 12.1 Å². The summed E-state index contributed by atoms with van der Waals surface area (Å²) in [6.07, 6.45) is 10.0. The van der Waals surface area contributed by atoms with Crippen LogP contribution in [0.5, 0.6) is 0 Å². The predicted molar refractivity (Wildman–Crippen MR) is 422 cm³/mol. The number of hydrogen-bond acceptors (Lipinski definition) is 18. The maximum absolute atomic E-state index is 13.6. The minimum absolute atomic E-state index is 0.0410. The highest BCUT2D eigenvalue weighted by atomic mass is 35.5. The summed E-state index contributed by atoms with van der Waals surface area (Å²) in [5.41, 5.74) is 12.9. The van der Waals surface area contributed by atoms with E-state index in [-0.39, 0.29) is 89.6 Å². The number of ketones is 1. The highest BCUT2D eigenvalue weighted by molar-refractivity contribution is 6.32. The number of anilines is 4. The fourth-order valence-electron chi connectivity index (χ4n) is 19.5. The van der Waals surface area contributed by atoms with Gasteiger partial charge in [-0.1, -0.05) is 23.2 Å². The molecule has 8 fully saturated rings. The summed E-state index contributed by atoms with van der Waals surface area (Å²) < 4.78 is 0. The molecule has 12 aliphatic rings. The molecule has 578 valence electrons. The number of piperazine rings is 2. The molecule has 112 heavy (non-hydrogen) atoms. The normalized spacial score (nSPS) is 23.3. The Morgan fingerprint density at radius 1 is 0.482 bits per heavy atom. The molecule has 2 unspecified atom stereocenters. The minimum Gasteiger partial charge on any atom is -0.371 e. The van der Waals surface area contributed by atoms with Crippen LogP contribution < -0.4 is 35.6 Å². The van der Waals surface area contributed by atoms with Gasteiger partial charge in [-0.25, -0.2) is 0 Å². The number of carbonyl (C=O) groups excluding carboxylic acids is 10. The van der Waals surface area contributed by atoms with Gasteiger partial charge in [0.25, 0.3) is 35.4 Å². The van der Waals surface area contributed by atoms with E-state index >= 15 is 0 Å². The fraction of sp³-hybridized carbons (Fsp3) is 0.442. The summed E-state index contributed by atoms with van der Waals surface area (Å²) in [6.45, 7) is 17.1. The van der Waals surface area contributed by atoms with Crippen molar-refractivity contribution >= 4 is 105 Å². The number of rotatable bonds is 9. The van der Waals surface area contributed by atoms with Crippen molar-refractivity contribution in [3.8, 4) is 12.1 Å². The zero-order valence-corrected chi connectivity index (χ0v) is 64.6. The summed E-state index contributed by atoms with van der Waals surface area (Å²) >= 11 is 12.7. The van der Waals surface area contributed by atoms with Gasteiger partial charge in [0.05, 0.1) is 49.5 Å². The molecule has 18 rings (SSSR count). The smallest absolute Gasteiger partial charge is 0.262 e. The van der Waals surface area contributed by atoms with Crippen LogP contribution in [0.15, 0.2) is 109 Å². The van der Waals surface area contributed by atoms with E-state index in [1.165, 1.54) is 17.0 Å². The first-order chi connectivity index (χ1) is 54.0. The molecular formula is C86H90Cl2N14O10. The number of piperidine rings is 4. The van der Waals surface area contributed by atoms with Gasteiger partial charge in [-0.2, -0.15) is 10.5 Å². The van der Waals surface area contributed by atoms with Crippen LogP contribution in [-0.4, -0.2) is 212 Å². The SMILES string of the molecule is C[C@H]1CC2(CCN(c3ccc(C(=O)N4CCN(C5Cc6cc7c(cc6C5)C(=O)N(C5CCC(=O)NC5)C7=O)CC4)cc3)CC2)CN1c1ccc(C#N)c(Cl)c1.C[C@H]1CC2(CCN(c3ccc(C(=O)N4CCNCC4)cc3)CC2)CN1c1ccc(C#N)c(Cl)c1.O=C1Cc2cc3c(cc2C1)C(=O)N(C1CCC(=O)NC1=O)C3=O. The molecule has 8 saturated heterocycles. The molecule has 10 aliphatic heterocycles. The van der Waals surface area contributed by atoms with Crippen molar-refractivity contribution < 1.29 is 47.9 Å². The Hall–Kier alpha value is -10.5. The molecule has 0 radical (unpaired) electrons. The van der Waals surface area contributed by atoms with Crippen LogP contribution in [0.2, 0.25) is 10.0 Å². The number of imide groups is 3. The number of amides is 9. The van der Waals surface area contributed by atoms with Gasteiger partial charge < -0.3 is 40.0 Å². The molecule has 3 N–H and O–H groups in total. The van der Waals surface area contributed by atoms with Crippen molar-refractivity contribution in [2.45, 2.75) is 134 Å². The van der Waals surface area contributed by atoms with Crippen LogP contribution in [0.1, 0.15) is 174 Å². The summed E-state index contributed by atoms with van der Waals surface area (Å²) in [5, 5.41) is 27.7. The van der Waals surface area contributed by atoms with Crippen LogP contribution in [0.25, 0.3) is 0 Å². The lowest BCUT2D eigenvalue weighted by molar-refractivity contribution is -0.136. The van der Waals surface area contributed by atoms with Crippen LogP contribution >= 0.6 is 23.2 Å². The quantitative estimate of drug-likeness (QED) is 0.114. The van der Waals surface area contributed by atoms with E-state index in [0.717, 1.165) is 173 Å². The largest absolute Gasteiger partial charge is 0.371 e. The first kappa shape index (κ1) is 75.5. The molecule has 0 saturated carbocycles. The van der Waals surface area contributed by atoms with Gasteiger partial charge in [-0.05, 0) is 220 Å². The Bertz CT molecular complexity index is 4850. The second-order valence-electron chi connectivity index (χ2n) is 32.6. The van der Waals surface area contributed by atoms with Crippen molar-refractivity contribution in [3.05, 3.63) is 186 Å². The Balaban J connectivity index is 0.000000141. The highest BCUT2D eigenvalue weighted by Gasteiger charge is 2.49. The van der Waals surface area contributed by atoms with Crippen molar-refractivity contribution in [1.82, 2.24) is 40.4 Å². The Labute approximate surface area is 660 Å². The molecule has 6 aromatic carbocycles. The predicted octanol–water partition coefficient (Wildman–Crippen LogP) is 8.79. The molecule has 9 amide bonds. The first-order valence-electron chi connectivity index (χ1n) is 39.4. The number of hydrogen-bond donors (Lipinski definition) is 3. The lowest BCUT2D eigenvalue weighted by Gasteiger charge is -2.40. The average molecular weight is 1550 g/mol. The molecule has 2 aliphatic carbocycles. The van der Waals surface area contributed by atoms with Crippen molar-refractivity contribution in [1.29, 1.82) is 10.5 Å². The van der Waals surface area contributed by atoms with E-state index in [9.17, 15) is 58.5 Å². The van der Waals surface area contributed by atoms with Gasteiger partial charge in [0, 0.05) is 176 Å². The Kier molecular flexibility index (Phi) is 20.8. The van der Waals surface area contributed by atoms with Crippen molar-refractivity contribution in [2.24, 2.45) is 10.8 Å². The monoisotopic (exact) mass is 1550 g/mol. The maximum atomic E-state index is 13.6. The lowest BCUT2D eigenvalue weighted by atomic mass is 9.76. The number of nitrogens with one attached hydrogen (secondary N) is 3. The van der Waals surface area contributed by atoms with E-state index in [2.05, 4.69) is 90.7 Å². The zero-order chi connectivity index (χ0) is 78.0. The average Bonchev–Trinajstić information content (AvgIpc) is 1.59. The zero-order valence-electron chi connectivity index (χ0n) is 63.0. The number of fused-ring (bicyclic) bond motifs is 4. The van der Waals surface area contributed by atoms with E-state index in [4.69, 9.17) is 23.2 Å². The van der Waals surface area contributed by atoms with Gasteiger partial charge in [0.15, 0.2) is 0 Å². The molecule has 0 aromatic heterocycles. The summed E-state index contributed by atoms with van der Waals surface area (Å²) in [6, 6.07) is 39.1. The first-order valence-corrected chi connectivity index (χ1v) is 40.1. The molecule has 2 spiro atoms. The number of halogens is 2. The third-order valence-corrected chi connectivity index (χ3v) is 26.4. The van der Waals surface area contributed by atoms with Crippen LogP contribution in [0.4, 0.5) is 22.7 Å². The molecule has 10 heterocycles. The summed E-state index contributed by atoms with van der Waals surface area (Å²) in [7, 11) is 0. The molecule has 6 aromatic rings. The minimum atomic E-state index is -0.962. The van der Waals surface area contributed by atoms with Gasteiger partial charge in [0.1, 0.15) is 24.0 Å². The maximum Gasteiger partial charge on any atom is 0.262 e. The van der Waals surface area contributed by atoms with Crippen LogP contribution in [0.3, 0.4) is 0 Å². The lowest BCUT2D eigenvalue weighted by Crippen LogP contribution is -2.54. The molecule has 26 heteroatoms. The fourth-order valence-corrected chi connectivity index (χ4v) is 20.0. The summed E-state index contributed by atoms with van der Waals surface area (Å²) in [4.78, 5) is 143. The van der Waals surface area contributed by atoms with Crippen molar-refractivity contribution in [2.75, 3.05) is 118 Å². The number of nitrogens with zero attached hydrogens (tertiary/aromatic N) is 11. The molecule has 24 nitrogen and oxygen atoms in total. The molecular weight excluding hydrogens is 1460 g/mol. The van der Waals surface area contributed by atoms with Gasteiger partial charge in [-0.3, -0.25) is 68.0 Å². The van der Waals surface area contributed by atoms with Gasteiger partial charge >= 0.3 is 0 Å². The second kappa shape index (κ2) is 30.9.